The second-order valence-corrected chi connectivity index (χ2v) is 4.55. The molecular formula is C13H20N2O2. The largest absolute Gasteiger partial charge is 0.394 e. The summed E-state index contributed by atoms with van der Waals surface area (Å²) < 4.78 is 5.45. The lowest BCUT2D eigenvalue weighted by Crippen LogP contribution is -2.62. The Morgan fingerprint density at radius 2 is 2.12 bits per heavy atom. The molecule has 3 N–H and O–H groups in total. The molecule has 1 aliphatic heterocycles. The van der Waals surface area contributed by atoms with Crippen LogP contribution in [0.4, 0.5) is 0 Å². The molecule has 0 spiro atoms. The first-order valence-electron chi connectivity index (χ1n) is 5.98. The summed E-state index contributed by atoms with van der Waals surface area (Å²) in [6.07, 6.45) is 0. The lowest BCUT2D eigenvalue weighted by Gasteiger charge is -2.45. The molecule has 94 valence electrons. The first-order valence-corrected chi connectivity index (χ1v) is 5.98. The summed E-state index contributed by atoms with van der Waals surface area (Å²) in [6.45, 7) is 3.28. The van der Waals surface area contributed by atoms with Crippen molar-refractivity contribution in [2.45, 2.75) is 12.1 Å². The summed E-state index contributed by atoms with van der Waals surface area (Å²) in [5.74, 6) is 0. The number of hydrogen-bond donors (Lipinski definition) is 2. The Morgan fingerprint density at radius 1 is 1.35 bits per heavy atom. The summed E-state index contributed by atoms with van der Waals surface area (Å²) in [5.41, 5.74) is 6.63. The van der Waals surface area contributed by atoms with E-state index in [-0.39, 0.29) is 6.61 Å². The molecule has 0 aliphatic carbocycles. The molecular weight excluding hydrogens is 216 g/mol. The highest BCUT2D eigenvalue weighted by molar-refractivity contribution is 5.15. The van der Waals surface area contributed by atoms with E-state index < -0.39 is 5.54 Å². The number of aliphatic hydroxyl groups excluding tert-OH is 1. The van der Waals surface area contributed by atoms with Crippen molar-refractivity contribution in [2.75, 3.05) is 32.9 Å². The van der Waals surface area contributed by atoms with Crippen LogP contribution in [0.15, 0.2) is 30.3 Å². The van der Waals surface area contributed by atoms with Gasteiger partial charge in [0, 0.05) is 19.6 Å². The van der Waals surface area contributed by atoms with Crippen molar-refractivity contribution in [3.8, 4) is 0 Å². The van der Waals surface area contributed by atoms with Crippen molar-refractivity contribution in [3.63, 3.8) is 0 Å². The molecule has 4 heteroatoms. The average molecular weight is 236 g/mol. The van der Waals surface area contributed by atoms with E-state index in [0.29, 0.717) is 19.8 Å². The van der Waals surface area contributed by atoms with Crippen molar-refractivity contribution in [2.24, 2.45) is 5.73 Å². The van der Waals surface area contributed by atoms with Gasteiger partial charge in [-0.25, -0.2) is 0 Å². The summed E-state index contributed by atoms with van der Waals surface area (Å²) >= 11 is 0. The maximum Gasteiger partial charge on any atom is 0.0803 e. The topological polar surface area (TPSA) is 58.7 Å². The fourth-order valence-electron chi connectivity index (χ4n) is 2.21. The maximum absolute atomic E-state index is 9.59. The van der Waals surface area contributed by atoms with E-state index in [0.717, 1.165) is 13.1 Å². The minimum absolute atomic E-state index is 0.0380. The van der Waals surface area contributed by atoms with Gasteiger partial charge in [-0.1, -0.05) is 30.3 Å². The molecule has 0 radical (unpaired) electrons. The van der Waals surface area contributed by atoms with Crippen LogP contribution in [-0.2, 0) is 11.3 Å². The standard InChI is InChI=1S/C13H20N2O2/c14-9-13(10-16)11-17-7-6-15(13)8-12-4-2-1-3-5-12/h1-5,16H,6-11,14H2/t13-/m1/s1. The zero-order valence-corrected chi connectivity index (χ0v) is 10.0. The fraction of sp³-hybridized carbons (Fsp3) is 0.538. The molecule has 2 rings (SSSR count). The van der Waals surface area contributed by atoms with E-state index in [2.05, 4.69) is 17.0 Å². The number of aliphatic hydroxyl groups is 1. The van der Waals surface area contributed by atoms with Gasteiger partial charge in [-0.15, -0.1) is 0 Å². The normalized spacial score (nSPS) is 26.0. The van der Waals surface area contributed by atoms with Crippen molar-refractivity contribution < 1.29 is 9.84 Å². The maximum atomic E-state index is 9.59. The number of benzene rings is 1. The van der Waals surface area contributed by atoms with Crippen LogP contribution in [0, 0.1) is 0 Å². The van der Waals surface area contributed by atoms with Crippen LogP contribution in [0.5, 0.6) is 0 Å². The lowest BCUT2D eigenvalue weighted by molar-refractivity contribution is -0.0908. The molecule has 1 aromatic carbocycles. The van der Waals surface area contributed by atoms with Crippen LogP contribution >= 0.6 is 0 Å². The smallest absolute Gasteiger partial charge is 0.0803 e. The van der Waals surface area contributed by atoms with E-state index in [1.54, 1.807) is 0 Å². The molecule has 4 nitrogen and oxygen atoms in total. The molecule has 1 aliphatic rings. The Morgan fingerprint density at radius 3 is 2.76 bits per heavy atom. The molecule has 0 saturated carbocycles. The van der Waals surface area contributed by atoms with E-state index >= 15 is 0 Å². The van der Waals surface area contributed by atoms with E-state index in [4.69, 9.17) is 10.5 Å². The van der Waals surface area contributed by atoms with Crippen LogP contribution in [0.1, 0.15) is 5.56 Å². The Kier molecular flexibility index (Phi) is 4.12. The average Bonchev–Trinajstić information content (AvgIpc) is 2.41. The monoisotopic (exact) mass is 236 g/mol. The van der Waals surface area contributed by atoms with Crippen LogP contribution in [0.2, 0.25) is 0 Å². The number of morpholine rings is 1. The van der Waals surface area contributed by atoms with Gasteiger partial charge in [-0.3, -0.25) is 4.90 Å². The second kappa shape index (κ2) is 5.60. The van der Waals surface area contributed by atoms with Crippen molar-refractivity contribution in [1.29, 1.82) is 0 Å². The van der Waals surface area contributed by atoms with Gasteiger partial charge < -0.3 is 15.6 Å². The summed E-state index contributed by atoms with van der Waals surface area (Å²) in [7, 11) is 0. The molecule has 1 atom stereocenters. The number of nitrogens with two attached hydrogens (primary N) is 1. The van der Waals surface area contributed by atoms with Crippen LogP contribution in [-0.4, -0.2) is 48.5 Å². The Balaban J connectivity index is 2.12. The van der Waals surface area contributed by atoms with Gasteiger partial charge in [0.2, 0.25) is 0 Å². The molecule has 0 amide bonds. The third-order valence-electron chi connectivity index (χ3n) is 3.44. The van der Waals surface area contributed by atoms with Gasteiger partial charge in [0.25, 0.3) is 0 Å². The highest BCUT2D eigenvalue weighted by Crippen LogP contribution is 2.21. The molecule has 0 aromatic heterocycles. The molecule has 1 saturated heterocycles. The first-order chi connectivity index (χ1) is 8.30. The van der Waals surface area contributed by atoms with Gasteiger partial charge in [0.1, 0.15) is 0 Å². The third-order valence-corrected chi connectivity index (χ3v) is 3.44. The summed E-state index contributed by atoms with van der Waals surface area (Å²) in [5, 5.41) is 9.59. The minimum Gasteiger partial charge on any atom is -0.394 e. The van der Waals surface area contributed by atoms with E-state index in [9.17, 15) is 5.11 Å². The van der Waals surface area contributed by atoms with Gasteiger partial charge >= 0.3 is 0 Å². The third kappa shape index (κ3) is 2.66. The number of ether oxygens (including phenoxy) is 1. The van der Waals surface area contributed by atoms with Crippen molar-refractivity contribution in [3.05, 3.63) is 35.9 Å². The van der Waals surface area contributed by atoms with Gasteiger partial charge in [-0.05, 0) is 5.56 Å². The Bertz CT molecular complexity index is 339. The summed E-state index contributed by atoms with van der Waals surface area (Å²) in [4.78, 5) is 2.23. The van der Waals surface area contributed by atoms with Crippen molar-refractivity contribution >= 4 is 0 Å². The van der Waals surface area contributed by atoms with Gasteiger partial charge in [0.15, 0.2) is 0 Å². The zero-order valence-electron chi connectivity index (χ0n) is 10.0. The van der Waals surface area contributed by atoms with Crippen LogP contribution in [0.25, 0.3) is 0 Å². The highest BCUT2D eigenvalue weighted by atomic mass is 16.5. The SMILES string of the molecule is NC[C@@]1(CO)COCCN1Cc1ccccc1. The lowest BCUT2D eigenvalue weighted by atomic mass is 9.97. The highest BCUT2D eigenvalue weighted by Gasteiger charge is 2.37. The van der Waals surface area contributed by atoms with Crippen LogP contribution < -0.4 is 5.73 Å². The number of nitrogens with zero attached hydrogens (tertiary/aromatic N) is 1. The number of hydrogen-bond acceptors (Lipinski definition) is 4. The van der Waals surface area contributed by atoms with E-state index in [1.165, 1.54) is 5.56 Å². The summed E-state index contributed by atoms with van der Waals surface area (Å²) in [6, 6.07) is 10.2. The molecule has 1 aromatic rings. The molecule has 1 heterocycles. The molecule has 1 fully saturated rings. The molecule has 0 bridgehead atoms. The number of rotatable bonds is 4. The molecule has 17 heavy (non-hydrogen) atoms. The van der Waals surface area contributed by atoms with Gasteiger partial charge in [-0.2, -0.15) is 0 Å². The quantitative estimate of drug-likeness (QED) is 0.784. The second-order valence-electron chi connectivity index (χ2n) is 4.55. The molecule has 0 unspecified atom stereocenters. The predicted octanol–water partition coefficient (Wildman–Crippen LogP) is 0.209. The predicted molar refractivity (Wildman–Crippen MR) is 66.5 cm³/mol. The zero-order chi connectivity index (χ0) is 12.1. The Labute approximate surface area is 102 Å². The van der Waals surface area contributed by atoms with Crippen molar-refractivity contribution in [1.82, 2.24) is 4.90 Å². The Hall–Kier alpha value is -0.940. The van der Waals surface area contributed by atoms with Crippen LogP contribution in [0.3, 0.4) is 0 Å². The fourth-order valence-corrected chi connectivity index (χ4v) is 2.21. The van der Waals surface area contributed by atoms with Gasteiger partial charge in [0.05, 0.1) is 25.4 Å². The first kappa shape index (κ1) is 12.5. The minimum atomic E-state index is -0.423. The van der Waals surface area contributed by atoms with E-state index in [1.807, 2.05) is 18.2 Å².